The number of aryl methyl sites for hydroxylation is 1. The van der Waals surface area contributed by atoms with Gasteiger partial charge in [0.05, 0.1) is 13.1 Å². The third-order valence-electron chi connectivity index (χ3n) is 3.07. The number of rotatable bonds is 7. The number of furan rings is 1. The molecule has 1 heterocycles. The molecule has 1 aliphatic carbocycles. The minimum absolute atomic E-state index is 0.728. The van der Waals surface area contributed by atoms with Crippen LogP contribution < -0.4 is 5.32 Å². The van der Waals surface area contributed by atoms with Crippen LogP contribution in [0.25, 0.3) is 0 Å². The van der Waals surface area contributed by atoms with Gasteiger partial charge in [0.15, 0.2) is 0 Å². The van der Waals surface area contributed by atoms with E-state index in [1.165, 1.54) is 18.4 Å². The van der Waals surface area contributed by atoms with Crippen LogP contribution in [0.3, 0.4) is 0 Å². The van der Waals surface area contributed by atoms with Crippen molar-refractivity contribution < 1.29 is 4.42 Å². The van der Waals surface area contributed by atoms with Crippen LogP contribution in [0.2, 0.25) is 0 Å². The molecule has 1 N–H and O–H groups in total. The molecule has 3 heteroatoms. The van der Waals surface area contributed by atoms with Gasteiger partial charge in [-0.15, -0.1) is 6.58 Å². The topological polar surface area (TPSA) is 28.4 Å². The Kier molecular flexibility index (Phi) is 4.02. The Morgan fingerprint density at radius 3 is 3.00 bits per heavy atom. The molecule has 0 unspecified atom stereocenters. The highest BCUT2D eigenvalue weighted by molar-refractivity contribution is 5.20. The van der Waals surface area contributed by atoms with Crippen molar-refractivity contribution in [3.8, 4) is 0 Å². The van der Waals surface area contributed by atoms with Gasteiger partial charge in [-0.25, -0.2) is 0 Å². The van der Waals surface area contributed by atoms with Crippen molar-refractivity contribution in [1.29, 1.82) is 0 Å². The van der Waals surface area contributed by atoms with E-state index < -0.39 is 0 Å². The van der Waals surface area contributed by atoms with E-state index in [0.717, 1.165) is 37.2 Å². The lowest BCUT2D eigenvalue weighted by atomic mass is 10.2. The lowest BCUT2D eigenvalue weighted by Gasteiger charge is -2.11. The van der Waals surface area contributed by atoms with Crippen LogP contribution in [0.5, 0.6) is 0 Å². The fourth-order valence-electron chi connectivity index (χ4n) is 1.92. The minimum atomic E-state index is 0.728. The average molecular weight is 234 g/mol. The molecule has 0 radical (unpaired) electrons. The zero-order valence-corrected chi connectivity index (χ0v) is 10.8. The number of nitrogens with one attached hydrogen (secondary N) is 1. The van der Waals surface area contributed by atoms with Gasteiger partial charge in [0.2, 0.25) is 0 Å². The molecule has 0 aliphatic heterocycles. The lowest BCUT2D eigenvalue weighted by Crippen LogP contribution is -2.17. The molecule has 0 atom stereocenters. The van der Waals surface area contributed by atoms with E-state index in [1.54, 1.807) is 0 Å². The molecule has 0 amide bonds. The van der Waals surface area contributed by atoms with Crippen molar-refractivity contribution >= 4 is 0 Å². The molecular formula is C14H22N2O. The molecule has 17 heavy (non-hydrogen) atoms. The maximum Gasteiger partial charge on any atom is 0.120 e. The highest BCUT2D eigenvalue weighted by Crippen LogP contribution is 2.21. The van der Waals surface area contributed by atoms with Gasteiger partial charge in [-0.3, -0.25) is 4.90 Å². The molecule has 0 bridgehead atoms. The maximum atomic E-state index is 5.87. The van der Waals surface area contributed by atoms with Crippen LogP contribution >= 0.6 is 0 Å². The summed E-state index contributed by atoms with van der Waals surface area (Å²) in [6, 6.07) is 2.87. The Balaban J connectivity index is 1.89. The van der Waals surface area contributed by atoms with Crippen molar-refractivity contribution in [2.75, 3.05) is 13.6 Å². The second-order valence-corrected chi connectivity index (χ2v) is 4.96. The molecule has 0 saturated heterocycles. The van der Waals surface area contributed by atoms with Crippen molar-refractivity contribution in [1.82, 2.24) is 10.2 Å². The van der Waals surface area contributed by atoms with E-state index in [0.29, 0.717) is 0 Å². The monoisotopic (exact) mass is 234 g/mol. The molecule has 0 aromatic carbocycles. The minimum Gasteiger partial charge on any atom is -0.463 e. The summed E-state index contributed by atoms with van der Waals surface area (Å²) in [4.78, 5) is 2.18. The maximum absolute atomic E-state index is 5.87. The summed E-state index contributed by atoms with van der Waals surface area (Å²) in [5, 5.41) is 3.48. The van der Waals surface area contributed by atoms with Gasteiger partial charge in [0.1, 0.15) is 11.5 Å². The first-order chi connectivity index (χ1) is 8.19. The quantitative estimate of drug-likeness (QED) is 0.735. The number of nitrogens with zero attached hydrogens (tertiary/aromatic N) is 1. The van der Waals surface area contributed by atoms with Crippen LogP contribution in [-0.4, -0.2) is 24.5 Å². The SMILES string of the molecule is C=CCN(C)Cc1cc(C)c(CNC2CC2)o1. The normalized spacial score (nSPS) is 15.5. The highest BCUT2D eigenvalue weighted by Gasteiger charge is 2.21. The summed E-state index contributed by atoms with van der Waals surface area (Å²) in [5.74, 6) is 2.12. The molecule has 1 fully saturated rings. The fourth-order valence-corrected chi connectivity index (χ4v) is 1.92. The van der Waals surface area contributed by atoms with Gasteiger partial charge in [-0.05, 0) is 38.4 Å². The Morgan fingerprint density at radius 2 is 2.35 bits per heavy atom. The smallest absolute Gasteiger partial charge is 0.120 e. The summed E-state index contributed by atoms with van der Waals surface area (Å²) in [6.07, 6.45) is 4.54. The first kappa shape index (κ1) is 12.4. The molecule has 2 rings (SSSR count). The average Bonchev–Trinajstić information content (AvgIpc) is 3.02. The van der Waals surface area contributed by atoms with E-state index in [-0.39, 0.29) is 0 Å². The van der Waals surface area contributed by atoms with Gasteiger partial charge in [0.25, 0.3) is 0 Å². The first-order valence-corrected chi connectivity index (χ1v) is 6.30. The standard InChI is InChI=1S/C14H22N2O/c1-4-7-16(3)10-13-8-11(2)14(17-13)9-15-12-5-6-12/h4,8,12,15H,1,5-7,9-10H2,2-3H3. The van der Waals surface area contributed by atoms with E-state index in [1.807, 2.05) is 6.08 Å². The van der Waals surface area contributed by atoms with Gasteiger partial charge < -0.3 is 9.73 Å². The summed E-state index contributed by atoms with van der Waals surface area (Å²) in [5.41, 5.74) is 1.25. The van der Waals surface area contributed by atoms with E-state index >= 15 is 0 Å². The number of hydrogen-bond acceptors (Lipinski definition) is 3. The summed E-state index contributed by atoms with van der Waals surface area (Å²) < 4.78 is 5.87. The molecular weight excluding hydrogens is 212 g/mol. The van der Waals surface area contributed by atoms with Gasteiger partial charge in [-0.1, -0.05) is 6.08 Å². The first-order valence-electron chi connectivity index (χ1n) is 6.30. The second kappa shape index (κ2) is 5.52. The van der Waals surface area contributed by atoms with E-state index in [4.69, 9.17) is 4.42 Å². The van der Waals surface area contributed by atoms with Crippen molar-refractivity contribution in [2.45, 2.75) is 38.9 Å². The number of likely N-dealkylation sites (N-methyl/N-ethyl adjacent to an activating group) is 1. The number of hydrogen-bond donors (Lipinski definition) is 1. The van der Waals surface area contributed by atoms with Gasteiger partial charge >= 0.3 is 0 Å². The lowest BCUT2D eigenvalue weighted by molar-refractivity contribution is 0.314. The van der Waals surface area contributed by atoms with Gasteiger partial charge in [-0.2, -0.15) is 0 Å². The third-order valence-corrected chi connectivity index (χ3v) is 3.07. The van der Waals surface area contributed by atoms with Gasteiger partial charge in [0, 0.05) is 12.6 Å². The van der Waals surface area contributed by atoms with Crippen LogP contribution in [0.1, 0.15) is 29.9 Å². The molecule has 1 aromatic rings. The molecule has 1 saturated carbocycles. The van der Waals surface area contributed by atoms with Crippen LogP contribution in [0, 0.1) is 6.92 Å². The predicted molar refractivity (Wildman–Crippen MR) is 69.8 cm³/mol. The fraction of sp³-hybridized carbons (Fsp3) is 0.571. The van der Waals surface area contributed by atoms with E-state index in [9.17, 15) is 0 Å². The van der Waals surface area contributed by atoms with Crippen LogP contribution in [0.4, 0.5) is 0 Å². The molecule has 1 aliphatic rings. The predicted octanol–water partition coefficient (Wildman–Crippen LogP) is 2.46. The second-order valence-electron chi connectivity index (χ2n) is 4.96. The molecule has 0 spiro atoms. The zero-order chi connectivity index (χ0) is 12.3. The Bertz CT molecular complexity index is 380. The Hall–Kier alpha value is -1.06. The van der Waals surface area contributed by atoms with Crippen molar-refractivity contribution in [3.63, 3.8) is 0 Å². The van der Waals surface area contributed by atoms with Crippen LogP contribution in [-0.2, 0) is 13.1 Å². The third kappa shape index (κ3) is 3.72. The molecule has 3 nitrogen and oxygen atoms in total. The largest absolute Gasteiger partial charge is 0.463 e. The van der Waals surface area contributed by atoms with Crippen molar-refractivity contribution in [2.24, 2.45) is 0 Å². The van der Waals surface area contributed by atoms with E-state index in [2.05, 4.69) is 36.8 Å². The molecule has 1 aromatic heterocycles. The Labute approximate surface area is 103 Å². The Morgan fingerprint density at radius 1 is 1.59 bits per heavy atom. The zero-order valence-electron chi connectivity index (χ0n) is 10.8. The summed E-state index contributed by atoms with van der Waals surface area (Å²) in [7, 11) is 2.07. The summed E-state index contributed by atoms with van der Waals surface area (Å²) >= 11 is 0. The summed E-state index contributed by atoms with van der Waals surface area (Å²) in [6.45, 7) is 8.44. The highest BCUT2D eigenvalue weighted by atomic mass is 16.3. The van der Waals surface area contributed by atoms with Crippen molar-refractivity contribution in [3.05, 3.63) is 35.8 Å². The molecule has 94 valence electrons. The van der Waals surface area contributed by atoms with Crippen LogP contribution in [0.15, 0.2) is 23.1 Å².